The molecule has 2 saturated heterocycles. The van der Waals surface area contributed by atoms with E-state index in [1.54, 1.807) is 0 Å². The highest BCUT2D eigenvalue weighted by atomic mass is 79.9. The predicted molar refractivity (Wildman–Crippen MR) is 152 cm³/mol. The molecule has 1 N–H and O–H groups in total. The Labute approximate surface area is 230 Å². The summed E-state index contributed by atoms with van der Waals surface area (Å²) < 4.78 is 2.12. The first-order valence-electron chi connectivity index (χ1n) is 12.7. The van der Waals surface area contributed by atoms with E-state index in [1.807, 2.05) is 12.3 Å². The van der Waals surface area contributed by atoms with Crippen molar-refractivity contribution in [3.8, 4) is 0 Å². The number of benzene rings is 1. The molecular weight excluding hydrogens is 594 g/mol. The summed E-state index contributed by atoms with van der Waals surface area (Å²) >= 11 is 16.0. The smallest absolute Gasteiger partial charge is 0.0551 e. The highest BCUT2D eigenvalue weighted by Crippen LogP contribution is 2.41. The van der Waals surface area contributed by atoms with E-state index in [1.165, 1.54) is 86.5 Å². The number of nitrogens with zero attached hydrogens (tertiary/aromatic N) is 2. The molecule has 7 heteroatoms. The fourth-order valence-electron chi connectivity index (χ4n) is 6.13. The average molecular weight is 628 g/mol. The van der Waals surface area contributed by atoms with E-state index in [2.05, 4.69) is 66.0 Å². The number of aromatic nitrogens is 1. The average Bonchev–Trinajstić information content (AvgIpc) is 3.02. The van der Waals surface area contributed by atoms with Crippen LogP contribution in [-0.4, -0.2) is 54.1 Å². The van der Waals surface area contributed by atoms with Crippen molar-refractivity contribution < 1.29 is 0 Å². The van der Waals surface area contributed by atoms with Crippen LogP contribution in [0.1, 0.15) is 54.0 Å². The Morgan fingerprint density at radius 2 is 1.82 bits per heavy atom. The Morgan fingerprint density at radius 3 is 2.62 bits per heavy atom. The number of rotatable bonds is 6. The van der Waals surface area contributed by atoms with Crippen molar-refractivity contribution in [1.29, 1.82) is 0 Å². The van der Waals surface area contributed by atoms with E-state index in [0.29, 0.717) is 5.92 Å². The second-order valence-corrected chi connectivity index (χ2v) is 13.3. The Morgan fingerprint density at radius 1 is 1.06 bits per heavy atom. The van der Waals surface area contributed by atoms with Crippen molar-refractivity contribution in [2.75, 3.05) is 44.2 Å². The summed E-state index contributed by atoms with van der Waals surface area (Å²) in [6.45, 7) is 6.22. The van der Waals surface area contributed by atoms with Crippen LogP contribution in [0.3, 0.4) is 0 Å². The third kappa shape index (κ3) is 5.89. The zero-order valence-corrected chi connectivity index (χ0v) is 24.4. The minimum atomic E-state index is 0.310. The van der Waals surface area contributed by atoms with Crippen LogP contribution in [0, 0.1) is 11.8 Å². The summed E-state index contributed by atoms with van der Waals surface area (Å²) in [5.41, 5.74) is 5.35. The van der Waals surface area contributed by atoms with Crippen molar-refractivity contribution in [3.63, 3.8) is 0 Å². The van der Waals surface area contributed by atoms with Crippen molar-refractivity contribution >= 4 is 55.2 Å². The van der Waals surface area contributed by atoms with Gasteiger partial charge in [-0.2, -0.15) is 11.8 Å². The van der Waals surface area contributed by atoms with Gasteiger partial charge in [0, 0.05) is 39.1 Å². The van der Waals surface area contributed by atoms with Gasteiger partial charge in [0.25, 0.3) is 0 Å². The first-order valence-corrected chi connectivity index (χ1v) is 15.8. The molecule has 184 valence electrons. The molecule has 0 spiro atoms. The lowest BCUT2D eigenvalue weighted by Crippen LogP contribution is -2.40. The zero-order chi connectivity index (χ0) is 23.5. The number of thioether (sulfide) groups is 1. The lowest BCUT2D eigenvalue weighted by Gasteiger charge is -2.37. The lowest BCUT2D eigenvalue weighted by atomic mass is 9.79. The number of pyridine rings is 1. The van der Waals surface area contributed by atoms with Gasteiger partial charge in [0.1, 0.15) is 0 Å². The molecule has 0 saturated carbocycles. The molecule has 1 aromatic carbocycles. The van der Waals surface area contributed by atoms with Gasteiger partial charge in [-0.1, -0.05) is 17.7 Å². The fourth-order valence-corrected chi connectivity index (χ4v) is 8.37. The molecule has 2 aliphatic heterocycles. The topological polar surface area (TPSA) is 28.2 Å². The highest BCUT2D eigenvalue weighted by molar-refractivity contribution is 9.10. The van der Waals surface area contributed by atoms with Crippen LogP contribution < -0.4 is 5.32 Å². The molecule has 2 aromatic rings. The number of likely N-dealkylation sites (tertiary alicyclic amines) is 1. The molecule has 2 fully saturated rings. The molecule has 3 nitrogen and oxygen atoms in total. The van der Waals surface area contributed by atoms with Gasteiger partial charge in [-0.3, -0.25) is 4.98 Å². The molecule has 0 amide bonds. The third-order valence-electron chi connectivity index (χ3n) is 8.07. The Kier molecular flexibility index (Phi) is 8.98. The number of hydrogen-bond donors (Lipinski definition) is 1. The van der Waals surface area contributed by atoms with Crippen molar-refractivity contribution in [3.05, 3.63) is 60.7 Å². The second-order valence-electron chi connectivity index (χ2n) is 10.0. The first kappa shape index (κ1) is 25.5. The van der Waals surface area contributed by atoms with Crippen molar-refractivity contribution in [2.45, 2.75) is 44.4 Å². The third-order valence-corrected chi connectivity index (χ3v) is 11.0. The maximum absolute atomic E-state index is 6.47. The van der Waals surface area contributed by atoms with E-state index >= 15 is 0 Å². The maximum Gasteiger partial charge on any atom is 0.0551 e. The van der Waals surface area contributed by atoms with E-state index < -0.39 is 0 Å². The summed E-state index contributed by atoms with van der Waals surface area (Å²) in [5, 5.41) is 4.32. The SMILES string of the molecule is Clc1ccc2c(c1Br)CCc1cc(Br)cnc1C2CSCCN1CCC(C2CCNCC2)CC1. The van der Waals surface area contributed by atoms with Gasteiger partial charge in [0.15, 0.2) is 0 Å². The molecule has 1 unspecified atom stereocenters. The molecular formula is C27H34Br2ClN3S. The van der Waals surface area contributed by atoms with Crippen LogP contribution in [0.4, 0.5) is 0 Å². The second kappa shape index (κ2) is 12.0. The number of nitrogens with one attached hydrogen (secondary N) is 1. The summed E-state index contributed by atoms with van der Waals surface area (Å²) in [6.07, 6.45) is 9.51. The monoisotopic (exact) mass is 625 g/mol. The highest BCUT2D eigenvalue weighted by Gasteiger charge is 2.29. The Balaban J connectivity index is 1.20. The largest absolute Gasteiger partial charge is 0.317 e. The molecule has 0 radical (unpaired) electrons. The van der Waals surface area contributed by atoms with Gasteiger partial charge in [-0.25, -0.2) is 0 Å². The van der Waals surface area contributed by atoms with Crippen LogP contribution >= 0.6 is 55.2 Å². The van der Waals surface area contributed by atoms with Gasteiger partial charge < -0.3 is 10.2 Å². The zero-order valence-electron chi connectivity index (χ0n) is 19.7. The maximum atomic E-state index is 6.47. The normalized spacial score (nSPS) is 22.3. The Hall–Kier alpha value is -0.110. The van der Waals surface area contributed by atoms with E-state index in [9.17, 15) is 0 Å². The minimum Gasteiger partial charge on any atom is -0.317 e. The molecule has 1 aromatic heterocycles. The quantitative estimate of drug-likeness (QED) is 0.352. The van der Waals surface area contributed by atoms with E-state index in [0.717, 1.165) is 44.4 Å². The number of halogens is 3. The van der Waals surface area contributed by atoms with Crippen LogP contribution in [0.15, 0.2) is 33.3 Å². The molecule has 5 rings (SSSR count). The number of fused-ring (bicyclic) bond motifs is 2. The molecule has 3 aliphatic rings. The number of hydrogen-bond acceptors (Lipinski definition) is 4. The molecule has 1 atom stereocenters. The predicted octanol–water partition coefficient (Wildman–Crippen LogP) is 6.94. The van der Waals surface area contributed by atoms with Gasteiger partial charge in [-0.15, -0.1) is 0 Å². The van der Waals surface area contributed by atoms with Gasteiger partial charge >= 0.3 is 0 Å². The summed E-state index contributed by atoms with van der Waals surface area (Å²) in [5.74, 6) is 4.48. The van der Waals surface area contributed by atoms with Crippen LogP contribution in [0.5, 0.6) is 0 Å². The summed E-state index contributed by atoms with van der Waals surface area (Å²) in [6, 6.07) is 6.53. The van der Waals surface area contributed by atoms with Gasteiger partial charge in [0.05, 0.1) is 10.7 Å². The lowest BCUT2D eigenvalue weighted by molar-refractivity contribution is 0.135. The summed E-state index contributed by atoms with van der Waals surface area (Å²) in [7, 11) is 0. The molecule has 0 bridgehead atoms. The van der Waals surface area contributed by atoms with Crippen molar-refractivity contribution in [1.82, 2.24) is 15.2 Å². The van der Waals surface area contributed by atoms with E-state index in [4.69, 9.17) is 16.6 Å². The molecule has 1 aliphatic carbocycles. The Bertz CT molecular complexity index is 990. The van der Waals surface area contributed by atoms with Crippen LogP contribution in [0.25, 0.3) is 0 Å². The van der Waals surface area contributed by atoms with Gasteiger partial charge in [-0.05, 0) is 137 Å². The molecule has 34 heavy (non-hydrogen) atoms. The fraction of sp³-hybridized carbons (Fsp3) is 0.593. The molecule has 3 heterocycles. The van der Waals surface area contributed by atoms with Crippen molar-refractivity contribution in [2.24, 2.45) is 11.8 Å². The standard InChI is InChI=1S/C27H34Br2ClN3S/c28-21-15-20-1-2-23-22(3-4-25(30)26(23)29)24(27(20)32-16-21)17-34-14-13-33-11-7-19(8-12-33)18-5-9-31-10-6-18/h3-4,15-16,18-19,24,31H,1-2,5-14,17H2. The van der Waals surface area contributed by atoms with Crippen LogP contribution in [-0.2, 0) is 12.8 Å². The number of aryl methyl sites for hydroxylation is 1. The number of piperidine rings is 2. The first-order chi connectivity index (χ1) is 16.6. The van der Waals surface area contributed by atoms with Gasteiger partial charge in [0.2, 0.25) is 0 Å². The minimum absolute atomic E-state index is 0.310. The summed E-state index contributed by atoms with van der Waals surface area (Å²) in [4.78, 5) is 7.61. The van der Waals surface area contributed by atoms with Crippen LogP contribution in [0.2, 0.25) is 5.02 Å². The van der Waals surface area contributed by atoms with E-state index in [-0.39, 0.29) is 0 Å².